The van der Waals surface area contributed by atoms with Crippen LogP contribution in [0.3, 0.4) is 0 Å². The zero-order valence-electron chi connectivity index (χ0n) is 8.13. The van der Waals surface area contributed by atoms with Gasteiger partial charge in [-0.15, -0.1) is 0 Å². The molecule has 1 aliphatic rings. The first-order valence-corrected chi connectivity index (χ1v) is 4.92. The minimum absolute atomic E-state index is 0.0333. The van der Waals surface area contributed by atoms with Gasteiger partial charge >= 0.3 is 0 Å². The molecule has 1 atom stereocenters. The Labute approximate surface area is 86.3 Å². The zero-order valence-corrected chi connectivity index (χ0v) is 8.13. The summed E-state index contributed by atoms with van der Waals surface area (Å²) in [6.07, 6.45) is 3.27. The molecule has 6 nitrogen and oxygen atoms in total. The van der Waals surface area contributed by atoms with Gasteiger partial charge in [-0.2, -0.15) is 14.6 Å². The first-order chi connectivity index (χ1) is 7.45. The summed E-state index contributed by atoms with van der Waals surface area (Å²) in [5.74, 6) is 0.613. The van der Waals surface area contributed by atoms with Gasteiger partial charge in [0.2, 0.25) is 0 Å². The van der Waals surface area contributed by atoms with E-state index in [-0.39, 0.29) is 6.10 Å². The second-order valence-electron chi connectivity index (χ2n) is 3.41. The predicted octanol–water partition coefficient (Wildman–Crippen LogP) is -0.215. The lowest BCUT2D eigenvalue weighted by molar-refractivity contribution is 0.0236. The number of rotatable bonds is 1. The van der Waals surface area contributed by atoms with Gasteiger partial charge in [0.25, 0.3) is 5.78 Å². The highest BCUT2D eigenvalue weighted by atomic mass is 16.5. The summed E-state index contributed by atoms with van der Waals surface area (Å²) in [5.41, 5.74) is 0.990. The van der Waals surface area contributed by atoms with Crippen molar-refractivity contribution in [3.63, 3.8) is 0 Å². The Bertz CT molecular complexity index is 462. The number of morpholine rings is 1. The molecule has 0 spiro atoms. The Balaban J connectivity index is 2.05. The molecular formula is C9H11N5O. The van der Waals surface area contributed by atoms with Crippen molar-refractivity contribution in [2.45, 2.75) is 6.10 Å². The minimum atomic E-state index is 0.0333. The van der Waals surface area contributed by atoms with E-state index in [0.717, 1.165) is 25.4 Å². The normalized spacial score (nSPS) is 22.0. The van der Waals surface area contributed by atoms with Crippen LogP contribution in [0.25, 0.3) is 5.78 Å². The average molecular weight is 205 g/mol. The predicted molar refractivity (Wildman–Crippen MR) is 52.3 cm³/mol. The van der Waals surface area contributed by atoms with Crippen LogP contribution in [0, 0.1) is 0 Å². The highest BCUT2D eigenvalue weighted by Crippen LogP contribution is 2.17. The summed E-state index contributed by atoms with van der Waals surface area (Å²) < 4.78 is 7.38. The first-order valence-electron chi connectivity index (χ1n) is 4.92. The van der Waals surface area contributed by atoms with Crippen molar-refractivity contribution in [2.24, 2.45) is 0 Å². The number of aromatic nitrogens is 4. The lowest BCUT2D eigenvalue weighted by Gasteiger charge is -2.23. The maximum Gasteiger partial charge on any atom is 0.252 e. The minimum Gasteiger partial charge on any atom is -0.369 e. The quantitative estimate of drug-likeness (QED) is 0.697. The van der Waals surface area contributed by atoms with Crippen LogP contribution in [0.5, 0.6) is 0 Å². The summed E-state index contributed by atoms with van der Waals surface area (Å²) >= 11 is 0. The van der Waals surface area contributed by atoms with Crippen LogP contribution in [0.1, 0.15) is 11.8 Å². The van der Waals surface area contributed by atoms with Crippen LogP contribution < -0.4 is 5.32 Å². The Kier molecular flexibility index (Phi) is 2.08. The van der Waals surface area contributed by atoms with E-state index >= 15 is 0 Å². The Hall–Kier alpha value is -1.53. The molecule has 0 bridgehead atoms. The highest BCUT2D eigenvalue weighted by Gasteiger charge is 2.19. The van der Waals surface area contributed by atoms with Gasteiger partial charge in [0.15, 0.2) is 0 Å². The van der Waals surface area contributed by atoms with Crippen molar-refractivity contribution in [2.75, 3.05) is 19.7 Å². The van der Waals surface area contributed by atoms with Crippen molar-refractivity contribution in [3.05, 3.63) is 24.3 Å². The molecule has 1 saturated heterocycles. The second-order valence-corrected chi connectivity index (χ2v) is 3.41. The Morgan fingerprint density at radius 1 is 1.47 bits per heavy atom. The van der Waals surface area contributed by atoms with Gasteiger partial charge in [-0.3, -0.25) is 0 Å². The molecule has 2 aromatic rings. The molecule has 3 rings (SSSR count). The fourth-order valence-electron chi connectivity index (χ4n) is 1.76. The topological polar surface area (TPSA) is 64.3 Å². The summed E-state index contributed by atoms with van der Waals surface area (Å²) in [6, 6.07) is 1.92. The number of hydrogen-bond acceptors (Lipinski definition) is 5. The fraction of sp³-hybridized carbons (Fsp3) is 0.444. The molecule has 78 valence electrons. The van der Waals surface area contributed by atoms with Crippen LogP contribution in [-0.4, -0.2) is 39.3 Å². The SMILES string of the molecule is c1cc([C@@H]2CNCCO2)n2ncnc2n1. The molecule has 0 amide bonds. The number of fused-ring (bicyclic) bond motifs is 1. The van der Waals surface area contributed by atoms with Crippen LogP contribution in [0.15, 0.2) is 18.6 Å². The maximum atomic E-state index is 5.66. The Morgan fingerprint density at radius 3 is 3.33 bits per heavy atom. The standard InChI is InChI=1S/C9H11N5O/c1-2-11-9-12-6-13-14(9)7(1)8-5-10-3-4-15-8/h1-2,6,8,10H,3-5H2/t8-/m0/s1. The summed E-state index contributed by atoms with van der Waals surface area (Å²) in [4.78, 5) is 8.15. The van der Waals surface area contributed by atoms with Gasteiger partial charge in [0.05, 0.1) is 12.3 Å². The van der Waals surface area contributed by atoms with Crippen LogP contribution in [0.4, 0.5) is 0 Å². The molecular weight excluding hydrogens is 194 g/mol. The van der Waals surface area contributed by atoms with Crippen molar-refractivity contribution >= 4 is 5.78 Å². The third kappa shape index (κ3) is 1.47. The fourth-order valence-corrected chi connectivity index (χ4v) is 1.76. The number of hydrogen-bond donors (Lipinski definition) is 1. The smallest absolute Gasteiger partial charge is 0.252 e. The van der Waals surface area contributed by atoms with Crippen molar-refractivity contribution < 1.29 is 4.74 Å². The van der Waals surface area contributed by atoms with E-state index in [9.17, 15) is 0 Å². The molecule has 0 aliphatic carbocycles. The molecule has 0 saturated carbocycles. The van der Waals surface area contributed by atoms with E-state index in [1.807, 2.05) is 6.07 Å². The molecule has 6 heteroatoms. The van der Waals surface area contributed by atoms with Crippen LogP contribution in [0.2, 0.25) is 0 Å². The largest absolute Gasteiger partial charge is 0.369 e. The summed E-state index contributed by atoms with van der Waals surface area (Å²) in [5, 5.41) is 7.41. The lowest BCUT2D eigenvalue weighted by atomic mass is 10.2. The molecule has 0 aromatic carbocycles. The van der Waals surface area contributed by atoms with Crippen LogP contribution in [-0.2, 0) is 4.74 Å². The third-order valence-electron chi connectivity index (χ3n) is 2.47. The number of nitrogens with zero attached hydrogens (tertiary/aromatic N) is 4. The van der Waals surface area contributed by atoms with E-state index in [1.165, 1.54) is 6.33 Å². The van der Waals surface area contributed by atoms with Gasteiger partial charge in [0.1, 0.15) is 12.4 Å². The van der Waals surface area contributed by atoms with Gasteiger partial charge in [0, 0.05) is 19.3 Å². The van der Waals surface area contributed by atoms with Gasteiger partial charge in [-0.25, -0.2) is 4.98 Å². The highest BCUT2D eigenvalue weighted by molar-refractivity contribution is 5.27. The second kappa shape index (κ2) is 3.56. The first kappa shape index (κ1) is 8.75. The number of nitrogens with one attached hydrogen (secondary N) is 1. The van der Waals surface area contributed by atoms with Crippen LogP contribution >= 0.6 is 0 Å². The van der Waals surface area contributed by atoms with E-state index in [0.29, 0.717) is 5.78 Å². The summed E-state index contributed by atoms with van der Waals surface area (Å²) in [7, 11) is 0. The van der Waals surface area contributed by atoms with Crippen molar-refractivity contribution in [1.29, 1.82) is 0 Å². The monoisotopic (exact) mass is 205 g/mol. The van der Waals surface area contributed by atoms with E-state index < -0.39 is 0 Å². The molecule has 0 radical (unpaired) electrons. The van der Waals surface area contributed by atoms with E-state index in [1.54, 1.807) is 10.7 Å². The Morgan fingerprint density at radius 2 is 2.47 bits per heavy atom. The average Bonchev–Trinajstić information content (AvgIpc) is 2.78. The van der Waals surface area contributed by atoms with E-state index in [4.69, 9.17) is 4.74 Å². The van der Waals surface area contributed by atoms with Gasteiger partial charge in [-0.1, -0.05) is 0 Å². The van der Waals surface area contributed by atoms with Gasteiger partial charge < -0.3 is 10.1 Å². The molecule has 2 aromatic heterocycles. The molecule has 0 unspecified atom stereocenters. The molecule has 15 heavy (non-hydrogen) atoms. The zero-order chi connectivity index (χ0) is 10.1. The lowest BCUT2D eigenvalue weighted by Crippen LogP contribution is -2.34. The van der Waals surface area contributed by atoms with E-state index in [2.05, 4.69) is 20.4 Å². The van der Waals surface area contributed by atoms with Crippen molar-refractivity contribution in [1.82, 2.24) is 24.9 Å². The molecule has 3 heterocycles. The molecule has 1 N–H and O–H groups in total. The molecule has 1 fully saturated rings. The number of ether oxygens (including phenoxy) is 1. The molecule has 1 aliphatic heterocycles. The van der Waals surface area contributed by atoms with Gasteiger partial charge in [-0.05, 0) is 6.07 Å². The summed E-state index contributed by atoms with van der Waals surface area (Å²) in [6.45, 7) is 2.43. The van der Waals surface area contributed by atoms with Crippen molar-refractivity contribution in [3.8, 4) is 0 Å². The third-order valence-corrected chi connectivity index (χ3v) is 2.47. The maximum absolute atomic E-state index is 5.66.